The van der Waals surface area contributed by atoms with E-state index in [1.54, 1.807) is 16.2 Å². The highest BCUT2D eigenvalue weighted by Gasteiger charge is 2.24. The van der Waals surface area contributed by atoms with Crippen molar-refractivity contribution < 1.29 is 9.90 Å². The maximum Gasteiger partial charge on any atom is 0.253 e. The molecule has 0 spiro atoms. The number of aliphatic hydroxyl groups excluding tert-OH is 1. The van der Waals surface area contributed by atoms with Gasteiger partial charge in [-0.2, -0.15) is 0 Å². The van der Waals surface area contributed by atoms with Gasteiger partial charge in [0.2, 0.25) is 0 Å². The van der Waals surface area contributed by atoms with Crippen LogP contribution in [0.4, 0.5) is 5.69 Å². The number of fused-ring (bicyclic) bond motifs is 1. The minimum absolute atomic E-state index is 0.0213. The summed E-state index contributed by atoms with van der Waals surface area (Å²) in [6.07, 6.45) is 3.45. The van der Waals surface area contributed by atoms with Gasteiger partial charge in [0.15, 0.2) is 0 Å². The van der Waals surface area contributed by atoms with Crippen LogP contribution in [0.5, 0.6) is 0 Å². The Bertz CT molecular complexity index is 1030. The Hall–Kier alpha value is -2.48. The normalized spacial score (nSPS) is 20.1. The van der Waals surface area contributed by atoms with Gasteiger partial charge >= 0.3 is 0 Å². The van der Waals surface area contributed by atoms with E-state index in [9.17, 15) is 9.90 Å². The molecule has 1 unspecified atom stereocenters. The number of β-amino-alcohol motifs (C(OH)–C–C–N with tert-alkyl or cyclic N) is 1. The van der Waals surface area contributed by atoms with Gasteiger partial charge < -0.3 is 20.2 Å². The molecule has 32 heavy (non-hydrogen) atoms. The van der Waals surface area contributed by atoms with Crippen molar-refractivity contribution in [2.45, 2.75) is 44.4 Å². The molecule has 1 amide bonds. The number of carbonyl (C=O) groups excluding carboxylic acids is 1. The maximum atomic E-state index is 12.7. The molecule has 3 aromatic rings. The highest BCUT2D eigenvalue weighted by atomic mass is 32.1. The predicted molar refractivity (Wildman–Crippen MR) is 129 cm³/mol. The summed E-state index contributed by atoms with van der Waals surface area (Å²) in [4.78, 5) is 21.6. The lowest BCUT2D eigenvalue weighted by Crippen LogP contribution is -2.42. The Labute approximate surface area is 192 Å². The van der Waals surface area contributed by atoms with Crippen molar-refractivity contribution in [3.63, 3.8) is 0 Å². The van der Waals surface area contributed by atoms with Crippen molar-refractivity contribution in [1.29, 1.82) is 0 Å². The molecule has 5 rings (SSSR count). The van der Waals surface area contributed by atoms with Gasteiger partial charge in [0.05, 0.1) is 16.3 Å². The topological polar surface area (TPSA) is 68.7 Å². The molecule has 7 heteroatoms. The smallest absolute Gasteiger partial charge is 0.253 e. The zero-order valence-electron chi connectivity index (χ0n) is 18.2. The number of likely N-dealkylation sites (tertiary alicyclic amines) is 1. The Morgan fingerprint density at radius 2 is 1.84 bits per heavy atom. The predicted octanol–water partition coefficient (Wildman–Crippen LogP) is 3.65. The van der Waals surface area contributed by atoms with Crippen molar-refractivity contribution in [3.8, 4) is 0 Å². The summed E-state index contributed by atoms with van der Waals surface area (Å²) in [5, 5.41) is 14.7. The second kappa shape index (κ2) is 9.57. The monoisotopic (exact) mass is 450 g/mol. The number of anilines is 1. The van der Waals surface area contributed by atoms with Gasteiger partial charge in [-0.25, -0.2) is 4.98 Å². The Morgan fingerprint density at radius 1 is 1.06 bits per heavy atom. The third-order valence-corrected chi connectivity index (χ3v) is 7.57. The molecule has 2 N–H and O–H groups in total. The molecule has 0 radical (unpaired) electrons. The average molecular weight is 451 g/mol. The lowest BCUT2D eigenvalue weighted by molar-refractivity contribution is 0.0474. The van der Waals surface area contributed by atoms with Crippen LogP contribution < -0.4 is 10.2 Å². The van der Waals surface area contributed by atoms with E-state index in [0.717, 1.165) is 62.4 Å². The van der Waals surface area contributed by atoms with Gasteiger partial charge in [0.1, 0.15) is 5.01 Å². The Morgan fingerprint density at radius 3 is 2.59 bits per heavy atom. The summed E-state index contributed by atoms with van der Waals surface area (Å²) in [7, 11) is 0. The number of rotatable bonds is 5. The lowest BCUT2D eigenvalue weighted by Gasteiger charge is -2.34. The zero-order chi connectivity index (χ0) is 21.9. The molecule has 2 saturated heterocycles. The van der Waals surface area contributed by atoms with E-state index in [1.807, 2.05) is 18.2 Å². The molecule has 168 valence electrons. The van der Waals surface area contributed by atoms with Crippen LogP contribution in [0.1, 0.15) is 41.0 Å². The van der Waals surface area contributed by atoms with Gasteiger partial charge in [-0.3, -0.25) is 4.79 Å². The fourth-order valence-electron chi connectivity index (χ4n) is 4.71. The van der Waals surface area contributed by atoms with E-state index in [-0.39, 0.29) is 5.91 Å². The highest BCUT2D eigenvalue weighted by Crippen LogP contribution is 2.24. The Kier molecular flexibility index (Phi) is 6.39. The third kappa shape index (κ3) is 4.80. The number of para-hydroxylation sites is 1. The number of aromatic nitrogens is 1. The molecule has 2 aromatic carbocycles. The number of benzene rings is 2. The van der Waals surface area contributed by atoms with Crippen LogP contribution in [-0.4, -0.2) is 59.2 Å². The van der Waals surface area contributed by atoms with Gasteiger partial charge in [-0.05, 0) is 62.1 Å². The van der Waals surface area contributed by atoms with Crippen LogP contribution in [0.3, 0.4) is 0 Å². The van der Waals surface area contributed by atoms with E-state index < -0.39 is 6.10 Å². The van der Waals surface area contributed by atoms with E-state index in [4.69, 9.17) is 4.98 Å². The summed E-state index contributed by atoms with van der Waals surface area (Å²) in [6.45, 7) is 4.01. The van der Waals surface area contributed by atoms with Crippen LogP contribution >= 0.6 is 11.3 Å². The van der Waals surface area contributed by atoms with Gasteiger partial charge in [-0.1, -0.05) is 12.1 Å². The molecule has 2 aliphatic rings. The van der Waals surface area contributed by atoms with E-state index in [1.165, 1.54) is 10.4 Å². The highest BCUT2D eigenvalue weighted by molar-refractivity contribution is 7.18. The largest absolute Gasteiger partial charge is 0.391 e. The molecule has 1 aromatic heterocycles. The van der Waals surface area contributed by atoms with Crippen molar-refractivity contribution in [2.24, 2.45) is 0 Å². The Balaban J connectivity index is 1.12. The van der Waals surface area contributed by atoms with E-state index in [2.05, 4.69) is 40.5 Å². The number of nitrogens with one attached hydrogen (secondary N) is 1. The van der Waals surface area contributed by atoms with Gasteiger partial charge in [-0.15, -0.1) is 11.3 Å². The molecule has 1 atom stereocenters. The standard InChI is InChI=1S/C25H30N4O2S/c30-21-4-3-13-29(17-21)25(31)18-7-9-20(10-8-18)28-14-11-19(12-15-28)26-16-24-27-22-5-1-2-6-23(22)32-24/h1-2,5-10,19,21,26,30H,3-4,11-17H2. The van der Waals surface area contributed by atoms with Crippen molar-refractivity contribution in [3.05, 3.63) is 59.1 Å². The van der Waals surface area contributed by atoms with Crippen LogP contribution in [0.15, 0.2) is 48.5 Å². The van der Waals surface area contributed by atoms with Gasteiger partial charge in [0, 0.05) is 50.0 Å². The summed E-state index contributed by atoms with van der Waals surface area (Å²) >= 11 is 1.77. The second-order valence-corrected chi connectivity index (χ2v) is 9.93. The quantitative estimate of drug-likeness (QED) is 0.621. The molecule has 0 aliphatic carbocycles. The fourth-order valence-corrected chi connectivity index (χ4v) is 5.62. The summed E-state index contributed by atoms with van der Waals surface area (Å²) < 4.78 is 1.25. The van der Waals surface area contributed by atoms with Crippen LogP contribution in [0.25, 0.3) is 10.2 Å². The molecule has 0 saturated carbocycles. The number of aliphatic hydroxyl groups is 1. The molecule has 2 aliphatic heterocycles. The minimum atomic E-state index is -0.392. The molecular formula is C25H30N4O2S. The number of hydrogen-bond donors (Lipinski definition) is 2. The summed E-state index contributed by atoms with van der Waals surface area (Å²) in [6, 6.07) is 16.8. The number of nitrogens with zero attached hydrogens (tertiary/aromatic N) is 3. The SMILES string of the molecule is O=C(c1ccc(N2CCC(NCc3nc4ccccc4s3)CC2)cc1)N1CCCC(O)C1. The summed E-state index contributed by atoms with van der Waals surface area (Å²) in [5.74, 6) is 0.0213. The molecule has 2 fully saturated rings. The minimum Gasteiger partial charge on any atom is -0.391 e. The fraction of sp³-hybridized carbons (Fsp3) is 0.440. The summed E-state index contributed by atoms with van der Waals surface area (Å²) in [5.41, 5.74) is 2.96. The average Bonchev–Trinajstić information content (AvgIpc) is 3.26. The van der Waals surface area contributed by atoms with Crippen LogP contribution in [0.2, 0.25) is 0 Å². The first-order valence-corrected chi connectivity index (χ1v) is 12.4. The maximum absolute atomic E-state index is 12.7. The third-order valence-electron chi connectivity index (χ3n) is 6.54. The van der Waals surface area contributed by atoms with Crippen molar-refractivity contribution >= 4 is 33.1 Å². The first kappa shape index (κ1) is 21.4. The van der Waals surface area contributed by atoms with E-state index in [0.29, 0.717) is 18.2 Å². The number of hydrogen-bond acceptors (Lipinski definition) is 6. The zero-order valence-corrected chi connectivity index (χ0v) is 19.1. The first-order chi connectivity index (χ1) is 15.7. The molecule has 3 heterocycles. The number of amides is 1. The number of carbonyl (C=O) groups is 1. The lowest BCUT2D eigenvalue weighted by atomic mass is 10.0. The van der Waals surface area contributed by atoms with Crippen molar-refractivity contribution in [2.75, 3.05) is 31.1 Å². The first-order valence-electron chi connectivity index (χ1n) is 11.6. The number of piperidine rings is 2. The molecule has 0 bridgehead atoms. The molecular weight excluding hydrogens is 420 g/mol. The second-order valence-electron chi connectivity index (χ2n) is 8.81. The van der Waals surface area contributed by atoms with Gasteiger partial charge in [0.25, 0.3) is 5.91 Å². The van der Waals surface area contributed by atoms with Crippen molar-refractivity contribution in [1.82, 2.24) is 15.2 Å². The van der Waals surface area contributed by atoms with Crippen LogP contribution in [-0.2, 0) is 6.54 Å². The van der Waals surface area contributed by atoms with E-state index >= 15 is 0 Å². The molecule has 6 nitrogen and oxygen atoms in total. The number of thiazole rings is 1. The van der Waals surface area contributed by atoms with Crippen LogP contribution in [0, 0.1) is 0 Å².